The predicted octanol–water partition coefficient (Wildman–Crippen LogP) is 1.45. The van der Waals surface area contributed by atoms with Crippen LogP contribution in [0, 0.1) is 0 Å². The number of pyridine rings is 1. The molecule has 1 amide bonds. The molecular formula is C14H22N4O2. The van der Waals surface area contributed by atoms with E-state index < -0.39 is 0 Å². The number of nitrogen functional groups attached to an aromatic ring is 1. The van der Waals surface area contributed by atoms with Crippen molar-refractivity contribution >= 4 is 11.6 Å². The number of carbonyl (C=O) groups excluding carboxylic acids is 1. The summed E-state index contributed by atoms with van der Waals surface area (Å²) in [6.07, 6.45) is 7.99. The van der Waals surface area contributed by atoms with Gasteiger partial charge in [0.15, 0.2) is 0 Å². The third-order valence-corrected chi connectivity index (χ3v) is 3.46. The van der Waals surface area contributed by atoms with Crippen LogP contribution in [0.2, 0.25) is 0 Å². The van der Waals surface area contributed by atoms with Crippen molar-refractivity contribution in [2.45, 2.75) is 38.2 Å². The lowest BCUT2D eigenvalue weighted by Crippen LogP contribution is -2.29. The standard InChI is InChI=1S/C14H22N4O2/c15-18-11-6-7-13(17-10-11)14(19)16-8-9-20-12-4-2-1-3-5-12/h6-7,10,12,18H,1-5,8-9,15H2,(H,16,19). The molecule has 0 saturated heterocycles. The molecule has 4 N–H and O–H groups in total. The highest BCUT2D eigenvalue weighted by molar-refractivity contribution is 5.92. The Bertz CT molecular complexity index is 416. The lowest BCUT2D eigenvalue weighted by Gasteiger charge is -2.21. The summed E-state index contributed by atoms with van der Waals surface area (Å²) in [4.78, 5) is 15.8. The van der Waals surface area contributed by atoms with Gasteiger partial charge in [-0.2, -0.15) is 0 Å². The van der Waals surface area contributed by atoms with E-state index in [0.29, 0.717) is 30.6 Å². The van der Waals surface area contributed by atoms with Crippen LogP contribution in [0.15, 0.2) is 18.3 Å². The molecular weight excluding hydrogens is 256 g/mol. The van der Waals surface area contributed by atoms with Gasteiger partial charge in [-0.05, 0) is 25.0 Å². The Balaban J connectivity index is 1.66. The summed E-state index contributed by atoms with van der Waals surface area (Å²) >= 11 is 0. The minimum Gasteiger partial charge on any atom is -0.376 e. The summed E-state index contributed by atoms with van der Waals surface area (Å²) in [6.45, 7) is 1.06. The van der Waals surface area contributed by atoms with Crippen LogP contribution in [0.1, 0.15) is 42.6 Å². The maximum Gasteiger partial charge on any atom is 0.269 e. The first-order valence-corrected chi connectivity index (χ1v) is 7.12. The number of anilines is 1. The summed E-state index contributed by atoms with van der Waals surface area (Å²) in [5, 5.41) is 2.80. The SMILES string of the molecule is NNc1ccc(C(=O)NCCOC2CCCCC2)nc1. The van der Waals surface area contributed by atoms with Crippen molar-refractivity contribution in [3.63, 3.8) is 0 Å². The number of ether oxygens (including phenoxy) is 1. The molecule has 0 atom stereocenters. The molecule has 2 rings (SSSR count). The van der Waals surface area contributed by atoms with Crippen LogP contribution in [0.3, 0.4) is 0 Å². The lowest BCUT2D eigenvalue weighted by atomic mass is 9.98. The quantitative estimate of drug-likeness (QED) is 0.416. The molecule has 1 heterocycles. The Hall–Kier alpha value is -1.66. The molecule has 1 aromatic rings. The van der Waals surface area contributed by atoms with Gasteiger partial charge >= 0.3 is 0 Å². The van der Waals surface area contributed by atoms with Gasteiger partial charge in [-0.3, -0.25) is 10.6 Å². The molecule has 1 aliphatic rings. The van der Waals surface area contributed by atoms with Gasteiger partial charge in [0.25, 0.3) is 5.91 Å². The summed E-state index contributed by atoms with van der Waals surface area (Å²) in [5.74, 6) is 5.04. The first kappa shape index (κ1) is 14.7. The van der Waals surface area contributed by atoms with Crippen LogP contribution in [0.4, 0.5) is 5.69 Å². The maximum absolute atomic E-state index is 11.8. The van der Waals surface area contributed by atoms with Gasteiger partial charge in [0.05, 0.1) is 24.6 Å². The van der Waals surface area contributed by atoms with Crippen molar-refractivity contribution in [1.29, 1.82) is 0 Å². The zero-order valence-corrected chi connectivity index (χ0v) is 11.6. The third kappa shape index (κ3) is 4.47. The molecule has 1 saturated carbocycles. The monoisotopic (exact) mass is 278 g/mol. The molecule has 0 bridgehead atoms. The van der Waals surface area contributed by atoms with E-state index in [2.05, 4.69) is 15.7 Å². The van der Waals surface area contributed by atoms with E-state index in [0.717, 1.165) is 12.8 Å². The van der Waals surface area contributed by atoms with Gasteiger partial charge in [0.1, 0.15) is 5.69 Å². The van der Waals surface area contributed by atoms with E-state index >= 15 is 0 Å². The molecule has 20 heavy (non-hydrogen) atoms. The number of hydrazine groups is 1. The molecule has 6 nitrogen and oxygen atoms in total. The smallest absolute Gasteiger partial charge is 0.269 e. The number of carbonyl (C=O) groups is 1. The van der Waals surface area contributed by atoms with E-state index in [1.54, 1.807) is 12.1 Å². The van der Waals surface area contributed by atoms with E-state index in [1.165, 1.54) is 25.5 Å². The molecule has 1 fully saturated rings. The molecule has 0 spiro atoms. The van der Waals surface area contributed by atoms with Crippen LogP contribution in [0.5, 0.6) is 0 Å². The lowest BCUT2D eigenvalue weighted by molar-refractivity contribution is 0.0299. The number of nitrogens with zero attached hydrogens (tertiary/aromatic N) is 1. The second-order valence-corrected chi connectivity index (χ2v) is 4.96. The average Bonchev–Trinajstić information content (AvgIpc) is 2.52. The van der Waals surface area contributed by atoms with Crippen LogP contribution < -0.4 is 16.6 Å². The molecule has 110 valence electrons. The highest BCUT2D eigenvalue weighted by Gasteiger charge is 2.13. The van der Waals surface area contributed by atoms with Gasteiger partial charge in [0.2, 0.25) is 0 Å². The van der Waals surface area contributed by atoms with Gasteiger partial charge < -0.3 is 15.5 Å². The van der Waals surface area contributed by atoms with Crippen molar-refractivity contribution in [3.05, 3.63) is 24.0 Å². The summed E-state index contributed by atoms with van der Waals surface area (Å²) in [7, 11) is 0. The van der Waals surface area contributed by atoms with Crippen molar-refractivity contribution in [3.8, 4) is 0 Å². The second kappa shape index (κ2) is 7.81. The molecule has 0 aromatic carbocycles. The number of amides is 1. The normalized spacial score (nSPS) is 15.8. The van der Waals surface area contributed by atoms with Crippen LogP contribution in [-0.2, 0) is 4.74 Å². The highest BCUT2D eigenvalue weighted by Crippen LogP contribution is 2.19. The van der Waals surface area contributed by atoms with Gasteiger partial charge in [-0.25, -0.2) is 4.98 Å². The fraction of sp³-hybridized carbons (Fsp3) is 0.571. The topological polar surface area (TPSA) is 89.3 Å². The molecule has 6 heteroatoms. The Morgan fingerprint density at radius 1 is 1.35 bits per heavy atom. The molecule has 0 unspecified atom stereocenters. The fourth-order valence-corrected chi connectivity index (χ4v) is 2.33. The van der Waals surface area contributed by atoms with Crippen LogP contribution >= 0.6 is 0 Å². The number of nitrogens with two attached hydrogens (primary N) is 1. The summed E-state index contributed by atoms with van der Waals surface area (Å²) in [5.41, 5.74) is 3.51. The zero-order valence-electron chi connectivity index (χ0n) is 11.6. The largest absolute Gasteiger partial charge is 0.376 e. The van der Waals surface area contributed by atoms with Crippen molar-refractivity contribution in [2.75, 3.05) is 18.6 Å². The van der Waals surface area contributed by atoms with Crippen molar-refractivity contribution in [2.24, 2.45) is 5.84 Å². The Labute approximate surface area is 119 Å². The van der Waals surface area contributed by atoms with Crippen molar-refractivity contribution < 1.29 is 9.53 Å². The molecule has 1 aromatic heterocycles. The minimum absolute atomic E-state index is 0.194. The van der Waals surface area contributed by atoms with Crippen LogP contribution in [0.25, 0.3) is 0 Å². The van der Waals surface area contributed by atoms with E-state index in [-0.39, 0.29) is 5.91 Å². The fourth-order valence-electron chi connectivity index (χ4n) is 2.33. The van der Waals surface area contributed by atoms with E-state index in [4.69, 9.17) is 10.6 Å². The Morgan fingerprint density at radius 2 is 2.15 bits per heavy atom. The first-order valence-electron chi connectivity index (χ1n) is 7.12. The Kier molecular flexibility index (Phi) is 5.76. The zero-order chi connectivity index (χ0) is 14.2. The minimum atomic E-state index is -0.194. The predicted molar refractivity (Wildman–Crippen MR) is 77.2 cm³/mol. The number of hydrogen-bond donors (Lipinski definition) is 3. The second-order valence-electron chi connectivity index (χ2n) is 4.96. The molecule has 1 aliphatic carbocycles. The summed E-state index contributed by atoms with van der Waals surface area (Å²) < 4.78 is 5.74. The van der Waals surface area contributed by atoms with Gasteiger partial charge in [-0.15, -0.1) is 0 Å². The third-order valence-electron chi connectivity index (χ3n) is 3.46. The van der Waals surface area contributed by atoms with Crippen molar-refractivity contribution in [1.82, 2.24) is 10.3 Å². The number of rotatable bonds is 6. The number of hydrogen-bond acceptors (Lipinski definition) is 5. The average molecular weight is 278 g/mol. The molecule has 0 aliphatic heterocycles. The van der Waals surface area contributed by atoms with Gasteiger partial charge in [0, 0.05) is 6.54 Å². The van der Waals surface area contributed by atoms with Gasteiger partial charge in [-0.1, -0.05) is 19.3 Å². The first-order chi connectivity index (χ1) is 9.79. The Morgan fingerprint density at radius 3 is 2.80 bits per heavy atom. The van der Waals surface area contributed by atoms with E-state index in [1.807, 2.05) is 0 Å². The van der Waals surface area contributed by atoms with E-state index in [9.17, 15) is 4.79 Å². The molecule has 0 radical (unpaired) electrons. The van der Waals surface area contributed by atoms with Crippen LogP contribution in [-0.4, -0.2) is 30.1 Å². The summed E-state index contributed by atoms with van der Waals surface area (Å²) in [6, 6.07) is 3.34. The number of nitrogens with one attached hydrogen (secondary N) is 2. The maximum atomic E-state index is 11.8. The highest BCUT2D eigenvalue weighted by atomic mass is 16.5. The number of aromatic nitrogens is 1.